The zero-order valence-electron chi connectivity index (χ0n) is 14.8. The Morgan fingerprint density at radius 3 is 2.77 bits per heavy atom. The van der Waals surface area contributed by atoms with Crippen molar-refractivity contribution in [3.8, 4) is 0 Å². The summed E-state index contributed by atoms with van der Waals surface area (Å²) in [5, 5.41) is 3.23. The molecular formula is C21H22FN3O. The van der Waals surface area contributed by atoms with Crippen LogP contribution in [0.3, 0.4) is 0 Å². The van der Waals surface area contributed by atoms with Crippen molar-refractivity contribution in [1.82, 2.24) is 5.32 Å². The van der Waals surface area contributed by atoms with Gasteiger partial charge >= 0.3 is 0 Å². The molecule has 2 atom stereocenters. The minimum Gasteiger partial charge on any atom is -0.383 e. The Hall–Kier alpha value is -2.53. The van der Waals surface area contributed by atoms with E-state index in [1.165, 1.54) is 11.1 Å². The summed E-state index contributed by atoms with van der Waals surface area (Å²) in [7, 11) is 1.68. The Balaban J connectivity index is 1.67. The molecule has 5 heteroatoms. The van der Waals surface area contributed by atoms with Crippen LogP contribution in [0.4, 0.5) is 4.39 Å². The summed E-state index contributed by atoms with van der Waals surface area (Å²) in [6.07, 6.45) is 0.941. The van der Waals surface area contributed by atoms with Gasteiger partial charge < -0.3 is 10.1 Å². The molecule has 2 aromatic rings. The normalized spacial score (nSPS) is 21.3. The van der Waals surface area contributed by atoms with Gasteiger partial charge in [-0.05, 0) is 29.7 Å². The molecule has 134 valence electrons. The lowest BCUT2D eigenvalue weighted by Crippen LogP contribution is -2.36. The van der Waals surface area contributed by atoms with Crippen molar-refractivity contribution in [2.24, 2.45) is 15.9 Å². The molecule has 26 heavy (non-hydrogen) atoms. The van der Waals surface area contributed by atoms with Crippen LogP contribution in [0.25, 0.3) is 0 Å². The average Bonchev–Trinajstić information content (AvgIpc) is 2.68. The van der Waals surface area contributed by atoms with E-state index in [0.29, 0.717) is 19.1 Å². The molecule has 1 aliphatic heterocycles. The highest BCUT2D eigenvalue weighted by Crippen LogP contribution is 2.40. The molecule has 0 fully saturated rings. The minimum atomic E-state index is -0.200. The topological polar surface area (TPSA) is 46.0 Å². The molecule has 0 saturated heterocycles. The predicted octanol–water partition coefficient (Wildman–Crippen LogP) is 3.37. The van der Waals surface area contributed by atoms with Crippen LogP contribution in [-0.4, -0.2) is 38.5 Å². The number of rotatable bonds is 4. The number of methoxy groups -OCH3 is 1. The van der Waals surface area contributed by atoms with E-state index in [0.717, 1.165) is 24.2 Å². The van der Waals surface area contributed by atoms with E-state index in [2.05, 4.69) is 34.6 Å². The number of halogens is 1. The SMILES string of the molecule is COCCNC1=NCC2CC(c3ccc(F)cc3)c3ccccc3C2=N1. The summed E-state index contributed by atoms with van der Waals surface area (Å²) in [6.45, 7) is 2.04. The quantitative estimate of drug-likeness (QED) is 0.859. The smallest absolute Gasteiger partial charge is 0.218 e. The molecule has 0 spiro atoms. The van der Waals surface area contributed by atoms with E-state index in [1.807, 2.05) is 12.1 Å². The maximum absolute atomic E-state index is 13.3. The Bertz CT molecular complexity index is 845. The predicted molar refractivity (Wildman–Crippen MR) is 102 cm³/mol. The van der Waals surface area contributed by atoms with Gasteiger partial charge in [0.1, 0.15) is 5.82 Å². The highest BCUT2D eigenvalue weighted by Gasteiger charge is 2.34. The molecule has 2 aromatic carbocycles. The van der Waals surface area contributed by atoms with Gasteiger partial charge in [0.15, 0.2) is 0 Å². The van der Waals surface area contributed by atoms with E-state index >= 15 is 0 Å². The van der Waals surface area contributed by atoms with Crippen LogP contribution in [0.2, 0.25) is 0 Å². The lowest BCUT2D eigenvalue weighted by molar-refractivity contribution is 0.204. The van der Waals surface area contributed by atoms with E-state index in [9.17, 15) is 4.39 Å². The van der Waals surface area contributed by atoms with Crippen LogP contribution in [-0.2, 0) is 4.74 Å². The molecule has 4 rings (SSSR count). The third kappa shape index (κ3) is 3.27. The van der Waals surface area contributed by atoms with Crippen molar-refractivity contribution >= 4 is 11.7 Å². The van der Waals surface area contributed by atoms with Gasteiger partial charge in [-0.1, -0.05) is 36.4 Å². The Morgan fingerprint density at radius 1 is 1.15 bits per heavy atom. The largest absolute Gasteiger partial charge is 0.383 e. The van der Waals surface area contributed by atoms with E-state index in [1.54, 1.807) is 19.2 Å². The first kappa shape index (κ1) is 16.9. The maximum atomic E-state index is 13.3. The van der Waals surface area contributed by atoms with Gasteiger partial charge in [0, 0.05) is 31.1 Å². The molecule has 2 unspecified atom stereocenters. The fourth-order valence-electron chi connectivity index (χ4n) is 3.81. The standard InChI is InChI=1S/C21H22FN3O/c1-26-11-10-23-21-24-13-15-12-19(14-6-8-16(22)9-7-14)17-4-2-3-5-18(17)20(15)25-21/h2-9,15,19H,10-13H2,1H3,(H,23,24). The molecule has 1 aliphatic carbocycles. The number of hydrogen-bond donors (Lipinski definition) is 1. The van der Waals surface area contributed by atoms with Gasteiger partial charge in [0.05, 0.1) is 18.9 Å². The highest BCUT2D eigenvalue weighted by atomic mass is 19.1. The average molecular weight is 351 g/mol. The monoisotopic (exact) mass is 351 g/mol. The van der Waals surface area contributed by atoms with Crippen LogP contribution in [0.5, 0.6) is 0 Å². The summed E-state index contributed by atoms with van der Waals surface area (Å²) in [4.78, 5) is 9.40. The second-order valence-electron chi connectivity index (χ2n) is 6.70. The van der Waals surface area contributed by atoms with Crippen molar-refractivity contribution in [3.63, 3.8) is 0 Å². The van der Waals surface area contributed by atoms with Crippen LogP contribution in [0.1, 0.15) is 29.0 Å². The van der Waals surface area contributed by atoms with Gasteiger partial charge in [-0.3, -0.25) is 4.99 Å². The lowest BCUT2D eigenvalue weighted by Gasteiger charge is -2.34. The first-order chi connectivity index (χ1) is 12.8. The van der Waals surface area contributed by atoms with Crippen molar-refractivity contribution < 1.29 is 9.13 Å². The number of ether oxygens (including phenoxy) is 1. The van der Waals surface area contributed by atoms with Crippen molar-refractivity contribution in [2.75, 3.05) is 26.8 Å². The fourth-order valence-corrected chi connectivity index (χ4v) is 3.81. The molecule has 2 aliphatic rings. The third-order valence-electron chi connectivity index (χ3n) is 5.07. The number of aliphatic imine (C=N–C) groups is 2. The third-order valence-corrected chi connectivity index (χ3v) is 5.07. The highest BCUT2D eigenvalue weighted by molar-refractivity contribution is 6.11. The summed E-state index contributed by atoms with van der Waals surface area (Å²) < 4.78 is 18.4. The fraction of sp³-hybridized carbons (Fsp3) is 0.333. The Kier molecular flexibility index (Phi) is 4.80. The summed E-state index contributed by atoms with van der Waals surface area (Å²) >= 11 is 0. The van der Waals surface area contributed by atoms with Gasteiger partial charge in [0.25, 0.3) is 0 Å². The number of guanidine groups is 1. The molecule has 0 amide bonds. The molecule has 1 N–H and O–H groups in total. The molecule has 0 aromatic heterocycles. The van der Waals surface area contributed by atoms with Gasteiger partial charge in [-0.15, -0.1) is 0 Å². The molecule has 1 heterocycles. The molecule has 0 bridgehead atoms. The first-order valence-electron chi connectivity index (χ1n) is 8.97. The maximum Gasteiger partial charge on any atom is 0.218 e. The summed E-state index contributed by atoms with van der Waals surface area (Å²) in [5.41, 5.74) is 4.69. The van der Waals surface area contributed by atoms with E-state index in [-0.39, 0.29) is 17.7 Å². The Labute approximate surface area is 152 Å². The number of benzene rings is 2. The molecular weight excluding hydrogens is 329 g/mol. The summed E-state index contributed by atoms with van der Waals surface area (Å²) in [5.74, 6) is 1.01. The zero-order valence-corrected chi connectivity index (χ0v) is 14.8. The lowest BCUT2D eigenvalue weighted by atomic mass is 9.72. The minimum absolute atomic E-state index is 0.200. The number of nitrogens with zero attached hydrogens (tertiary/aromatic N) is 2. The van der Waals surface area contributed by atoms with Crippen LogP contribution >= 0.6 is 0 Å². The van der Waals surface area contributed by atoms with Crippen molar-refractivity contribution in [3.05, 3.63) is 71.0 Å². The van der Waals surface area contributed by atoms with Gasteiger partial charge in [0.2, 0.25) is 5.96 Å². The van der Waals surface area contributed by atoms with E-state index in [4.69, 9.17) is 9.73 Å². The Morgan fingerprint density at radius 2 is 1.96 bits per heavy atom. The van der Waals surface area contributed by atoms with Gasteiger partial charge in [-0.25, -0.2) is 9.38 Å². The summed E-state index contributed by atoms with van der Waals surface area (Å²) in [6, 6.07) is 15.3. The number of nitrogens with one attached hydrogen (secondary N) is 1. The molecule has 0 saturated carbocycles. The van der Waals surface area contributed by atoms with E-state index < -0.39 is 0 Å². The second kappa shape index (κ2) is 7.38. The van der Waals surface area contributed by atoms with Crippen LogP contribution in [0, 0.1) is 11.7 Å². The van der Waals surface area contributed by atoms with Crippen molar-refractivity contribution in [2.45, 2.75) is 12.3 Å². The molecule has 0 radical (unpaired) electrons. The van der Waals surface area contributed by atoms with Crippen molar-refractivity contribution in [1.29, 1.82) is 0 Å². The van der Waals surface area contributed by atoms with Gasteiger partial charge in [-0.2, -0.15) is 0 Å². The van der Waals surface area contributed by atoms with Crippen LogP contribution in [0.15, 0.2) is 58.5 Å². The first-order valence-corrected chi connectivity index (χ1v) is 8.97. The second-order valence-corrected chi connectivity index (χ2v) is 6.70. The van der Waals surface area contributed by atoms with Crippen LogP contribution < -0.4 is 5.32 Å². The number of fused-ring (bicyclic) bond motifs is 3. The number of hydrogen-bond acceptors (Lipinski definition) is 4. The zero-order chi connectivity index (χ0) is 17.9. The molecule has 4 nitrogen and oxygen atoms in total.